The van der Waals surface area contributed by atoms with E-state index in [2.05, 4.69) is 22.1 Å². The normalized spacial score (nSPS) is 9.86. The number of halogens is 1. The molecule has 6 heteroatoms. The maximum Gasteiger partial charge on any atom is 0.301 e. The van der Waals surface area contributed by atoms with Crippen LogP contribution in [0, 0.1) is 24.6 Å². The third-order valence-corrected chi connectivity index (χ3v) is 2.53. The number of anilines is 1. The number of hydrogen-bond donors (Lipinski definition) is 2. The summed E-state index contributed by atoms with van der Waals surface area (Å²) in [6.45, 7) is 1.63. The second-order valence-corrected chi connectivity index (χ2v) is 4.21. The standard InChI is InChI=1S/C15H13FN2O3/c1-10-9-21-15(17-10)18-14(20)13-6-5-12(16)8-11(13)4-2-3-7-19/h5-6,8-9,19H,3,7H2,1H3,(H,17,18,20). The summed E-state index contributed by atoms with van der Waals surface area (Å²) in [6, 6.07) is 3.74. The summed E-state index contributed by atoms with van der Waals surface area (Å²) in [5.41, 5.74) is 1.08. The zero-order valence-corrected chi connectivity index (χ0v) is 11.3. The van der Waals surface area contributed by atoms with Gasteiger partial charge in [-0.15, -0.1) is 0 Å². The van der Waals surface area contributed by atoms with E-state index in [1.54, 1.807) is 6.92 Å². The van der Waals surface area contributed by atoms with Crippen LogP contribution >= 0.6 is 0 Å². The molecule has 0 aliphatic rings. The first kappa shape index (κ1) is 14.8. The van der Waals surface area contributed by atoms with Crippen LogP contribution in [0.15, 0.2) is 28.9 Å². The first-order valence-corrected chi connectivity index (χ1v) is 6.23. The van der Waals surface area contributed by atoms with Crippen molar-refractivity contribution in [1.82, 2.24) is 4.98 Å². The van der Waals surface area contributed by atoms with Gasteiger partial charge in [-0.3, -0.25) is 10.1 Å². The van der Waals surface area contributed by atoms with Gasteiger partial charge in [0.05, 0.1) is 17.9 Å². The Morgan fingerprint density at radius 1 is 1.52 bits per heavy atom. The first-order valence-electron chi connectivity index (χ1n) is 6.23. The van der Waals surface area contributed by atoms with Gasteiger partial charge >= 0.3 is 6.01 Å². The summed E-state index contributed by atoms with van der Waals surface area (Å²) in [7, 11) is 0. The van der Waals surface area contributed by atoms with Crippen molar-refractivity contribution in [3.05, 3.63) is 47.1 Å². The highest BCUT2D eigenvalue weighted by atomic mass is 19.1. The Morgan fingerprint density at radius 3 is 3.00 bits per heavy atom. The number of aryl methyl sites for hydroxylation is 1. The molecule has 2 aromatic rings. The highest BCUT2D eigenvalue weighted by molar-refractivity contribution is 6.04. The number of carbonyl (C=O) groups is 1. The lowest BCUT2D eigenvalue weighted by Gasteiger charge is -2.04. The van der Waals surface area contributed by atoms with Crippen molar-refractivity contribution in [2.45, 2.75) is 13.3 Å². The van der Waals surface area contributed by atoms with Gasteiger partial charge in [0.1, 0.15) is 12.1 Å². The molecular weight excluding hydrogens is 275 g/mol. The highest BCUT2D eigenvalue weighted by Crippen LogP contribution is 2.14. The number of aromatic nitrogens is 1. The second kappa shape index (κ2) is 6.68. The van der Waals surface area contributed by atoms with Crippen molar-refractivity contribution in [3.63, 3.8) is 0 Å². The minimum absolute atomic E-state index is 0.0658. The molecule has 0 aliphatic carbocycles. The van der Waals surface area contributed by atoms with Crippen molar-refractivity contribution < 1.29 is 18.7 Å². The summed E-state index contributed by atoms with van der Waals surface area (Å²) in [5.74, 6) is 4.33. The number of nitrogens with one attached hydrogen (secondary N) is 1. The zero-order valence-electron chi connectivity index (χ0n) is 11.3. The van der Waals surface area contributed by atoms with E-state index in [-0.39, 0.29) is 30.2 Å². The van der Waals surface area contributed by atoms with E-state index >= 15 is 0 Å². The largest absolute Gasteiger partial charge is 0.432 e. The Balaban J connectivity index is 2.26. The smallest absolute Gasteiger partial charge is 0.301 e. The zero-order chi connectivity index (χ0) is 15.2. The molecular formula is C15H13FN2O3. The Hall–Kier alpha value is -2.65. The average Bonchev–Trinajstić information content (AvgIpc) is 2.84. The molecule has 108 valence electrons. The Labute approximate surface area is 120 Å². The molecule has 2 N–H and O–H groups in total. The molecule has 0 fully saturated rings. The lowest BCUT2D eigenvalue weighted by molar-refractivity contribution is 0.102. The molecule has 2 rings (SSSR count). The lowest BCUT2D eigenvalue weighted by Crippen LogP contribution is -2.14. The molecule has 0 spiro atoms. The van der Waals surface area contributed by atoms with E-state index in [0.29, 0.717) is 5.69 Å². The number of benzene rings is 1. The van der Waals surface area contributed by atoms with E-state index in [1.807, 2.05) is 0 Å². The number of hydrogen-bond acceptors (Lipinski definition) is 4. The van der Waals surface area contributed by atoms with E-state index in [9.17, 15) is 9.18 Å². The monoisotopic (exact) mass is 288 g/mol. The Kier molecular flexibility index (Phi) is 4.69. The van der Waals surface area contributed by atoms with Crippen molar-refractivity contribution in [2.24, 2.45) is 0 Å². The van der Waals surface area contributed by atoms with Crippen molar-refractivity contribution in [1.29, 1.82) is 0 Å². The molecule has 0 atom stereocenters. The van der Waals surface area contributed by atoms with Gasteiger partial charge in [0, 0.05) is 12.0 Å². The molecule has 1 heterocycles. The molecule has 1 amide bonds. The minimum atomic E-state index is -0.495. The van der Waals surface area contributed by atoms with Crippen LogP contribution in [0.2, 0.25) is 0 Å². The molecule has 0 saturated carbocycles. The van der Waals surface area contributed by atoms with Crippen molar-refractivity contribution in [2.75, 3.05) is 11.9 Å². The molecule has 5 nitrogen and oxygen atoms in total. The number of amides is 1. The quantitative estimate of drug-likeness (QED) is 0.848. The summed E-state index contributed by atoms with van der Waals surface area (Å²) in [5, 5.41) is 11.2. The van der Waals surface area contributed by atoms with Gasteiger partial charge in [0.15, 0.2) is 0 Å². The third kappa shape index (κ3) is 3.91. The topological polar surface area (TPSA) is 75.4 Å². The second-order valence-electron chi connectivity index (χ2n) is 4.21. The third-order valence-electron chi connectivity index (χ3n) is 2.53. The van der Waals surface area contributed by atoms with Gasteiger partial charge in [-0.25, -0.2) is 4.39 Å². The van der Waals surface area contributed by atoms with Gasteiger partial charge in [0.2, 0.25) is 0 Å². The van der Waals surface area contributed by atoms with Crippen LogP contribution in [0.25, 0.3) is 0 Å². The van der Waals surface area contributed by atoms with Crippen LogP contribution < -0.4 is 5.32 Å². The predicted octanol–water partition coefficient (Wildman–Crippen LogP) is 2.11. The molecule has 0 radical (unpaired) electrons. The molecule has 0 unspecified atom stereocenters. The van der Waals surface area contributed by atoms with Gasteiger partial charge in [-0.05, 0) is 25.1 Å². The van der Waals surface area contributed by atoms with Crippen LogP contribution in [0.1, 0.15) is 28.0 Å². The molecule has 1 aromatic heterocycles. The summed E-state index contributed by atoms with van der Waals surface area (Å²) in [4.78, 5) is 16.1. The van der Waals surface area contributed by atoms with Crippen LogP contribution in [-0.2, 0) is 0 Å². The number of carbonyl (C=O) groups excluding carboxylic acids is 1. The van der Waals surface area contributed by atoms with Gasteiger partial charge in [-0.2, -0.15) is 4.98 Å². The van der Waals surface area contributed by atoms with Gasteiger partial charge < -0.3 is 9.52 Å². The van der Waals surface area contributed by atoms with Crippen LogP contribution in [0.4, 0.5) is 10.4 Å². The van der Waals surface area contributed by atoms with Gasteiger partial charge in [-0.1, -0.05) is 11.8 Å². The molecule has 0 bridgehead atoms. The maximum atomic E-state index is 13.3. The molecule has 1 aromatic carbocycles. The SMILES string of the molecule is Cc1coc(NC(=O)c2ccc(F)cc2C#CCCO)n1. The summed E-state index contributed by atoms with van der Waals surface area (Å²) < 4.78 is 18.3. The predicted molar refractivity (Wildman–Crippen MR) is 74.2 cm³/mol. The fourth-order valence-electron chi connectivity index (χ4n) is 1.61. The van der Waals surface area contributed by atoms with Crippen molar-refractivity contribution >= 4 is 11.9 Å². The summed E-state index contributed by atoms with van der Waals surface area (Å²) >= 11 is 0. The lowest BCUT2D eigenvalue weighted by atomic mass is 10.1. The fraction of sp³-hybridized carbons (Fsp3) is 0.200. The Morgan fingerprint density at radius 2 is 2.33 bits per heavy atom. The average molecular weight is 288 g/mol. The van der Waals surface area contributed by atoms with Gasteiger partial charge in [0.25, 0.3) is 5.91 Å². The first-order chi connectivity index (χ1) is 10.1. The molecule has 0 aliphatic heterocycles. The Bertz CT molecular complexity index is 713. The van der Waals surface area contributed by atoms with Crippen LogP contribution in [-0.4, -0.2) is 22.6 Å². The number of nitrogens with zero attached hydrogens (tertiary/aromatic N) is 1. The summed E-state index contributed by atoms with van der Waals surface area (Å²) in [6.07, 6.45) is 1.65. The number of rotatable bonds is 3. The van der Waals surface area contributed by atoms with Crippen LogP contribution in [0.3, 0.4) is 0 Å². The highest BCUT2D eigenvalue weighted by Gasteiger charge is 2.13. The van der Waals surface area contributed by atoms with Crippen LogP contribution in [0.5, 0.6) is 0 Å². The number of aliphatic hydroxyl groups excluding tert-OH is 1. The van der Waals surface area contributed by atoms with E-state index in [1.165, 1.54) is 24.5 Å². The van der Waals surface area contributed by atoms with E-state index in [0.717, 1.165) is 0 Å². The fourth-order valence-corrected chi connectivity index (χ4v) is 1.61. The number of oxazole rings is 1. The number of aliphatic hydroxyl groups is 1. The van der Waals surface area contributed by atoms with Crippen molar-refractivity contribution in [3.8, 4) is 11.8 Å². The molecule has 21 heavy (non-hydrogen) atoms. The maximum absolute atomic E-state index is 13.3. The molecule has 0 saturated heterocycles. The van der Waals surface area contributed by atoms with E-state index < -0.39 is 11.7 Å². The minimum Gasteiger partial charge on any atom is -0.432 e. The van der Waals surface area contributed by atoms with E-state index in [4.69, 9.17) is 9.52 Å².